The highest BCUT2D eigenvalue weighted by molar-refractivity contribution is 6.33. The lowest BCUT2D eigenvalue weighted by atomic mass is 9.87. The number of nitrogens with zero attached hydrogens (tertiary/aromatic N) is 5. The average Bonchev–Trinajstić information content (AvgIpc) is 2.92. The van der Waals surface area contributed by atoms with Gasteiger partial charge in [-0.1, -0.05) is 60.1 Å². The standard InChI is InChI=1S/C29H28ClN5/c30-26-11-4-3-10-24(26)28-25-13-12-21-7-1-2-9-23(21)27(25)32-29(33-28)35-19-17-34(18-20-35)16-14-22-8-5-6-15-31-22/h1-11,15H,12-14,16-20H2. The molecule has 0 spiro atoms. The van der Waals surface area contributed by atoms with Crippen molar-refractivity contribution >= 4 is 17.5 Å². The molecule has 6 rings (SSSR count). The lowest BCUT2D eigenvalue weighted by molar-refractivity contribution is 0.259. The van der Waals surface area contributed by atoms with Crippen LogP contribution in [0.5, 0.6) is 0 Å². The molecule has 35 heavy (non-hydrogen) atoms. The van der Waals surface area contributed by atoms with E-state index in [1.807, 2.05) is 30.5 Å². The number of aromatic nitrogens is 3. The molecule has 0 atom stereocenters. The first-order valence-electron chi connectivity index (χ1n) is 12.4. The molecule has 1 saturated heterocycles. The fourth-order valence-electron chi connectivity index (χ4n) is 5.17. The second-order valence-corrected chi connectivity index (χ2v) is 9.64. The summed E-state index contributed by atoms with van der Waals surface area (Å²) in [6.07, 6.45) is 4.77. The first-order valence-corrected chi connectivity index (χ1v) is 12.8. The van der Waals surface area contributed by atoms with Gasteiger partial charge in [-0.25, -0.2) is 9.97 Å². The average molecular weight is 482 g/mol. The van der Waals surface area contributed by atoms with Gasteiger partial charge in [0.05, 0.1) is 11.4 Å². The number of benzene rings is 2. The van der Waals surface area contributed by atoms with Gasteiger partial charge in [-0.05, 0) is 36.6 Å². The molecule has 4 aromatic rings. The van der Waals surface area contributed by atoms with Gasteiger partial charge < -0.3 is 4.90 Å². The van der Waals surface area contributed by atoms with Crippen LogP contribution in [0.3, 0.4) is 0 Å². The van der Waals surface area contributed by atoms with Gasteiger partial charge in [0.15, 0.2) is 0 Å². The van der Waals surface area contributed by atoms with E-state index in [-0.39, 0.29) is 0 Å². The molecule has 6 heteroatoms. The van der Waals surface area contributed by atoms with Gasteiger partial charge in [0, 0.05) is 72.7 Å². The lowest BCUT2D eigenvalue weighted by Gasteiger charge is -2.35. The first-order chi connectivity index (χ1) is 17.3. The maximum atomic E-state index is 6.66. The Morgan fingerprint density at radius 2 is 1.46 bits per heavy atom. The zero-order valence-electron chi connectivity index (χ0n) is 19.7. The number of hydrogen-bond donors (Lipinski definition) is 0. The molecule has 2 aromatic heterocycles. The zero-order chi connectivity index (χ0) is 23.6. The largest absolute Gasteiger partial charge is 0.338 e. The molecule has 0 bridgehead atoms. The van der Waals surface area contributed by atoms with E-state index < -0.39 is 0 Å². The van der Waals surface area contributed by atoms with Crippen LogP contribution in [0, 0.1) is 0 Å². The predicted octanol–water partition coefficient (Wildman–Crippen LogP) is 5.32. The van der Waals surface area contributed by atoms with Crippen molar-refractivity contribution in [3.63, 3.8) is 0 Å². The minimum atomic E-state index is 0.734. The summed E-state index contributed by atoms with van der Waals surface area (Å²) in [6, 6.07) is 22.8. The van der Waals surface area contributed by atoms with Crippen LogP contribution in [0.1, 0.15) is 16.8 Å². The Morgan fingerprint density at radius 3 is 2.23 bits per heavy atom. The van der Waals surface area contributed by atoms with E-state index >= 15 is 0 Å². The molecule has 0 N–H and O–H groups in total. The Balaban J connectivity index is 1.29. The van der Waals surface area contributed by atoms with Crippen molar-refractivity contribution in [2.24, 2.45) is 0 Å². The fraction of sp³-hybridized carbons (Fsp3) is 0.276. The third kappa shape index (κ3) is 4.54. The minimum Gasteiger partial charge on any atom is -0.338 e. The van der Waals surface area contributed by atoms with Crippen LogP contribution in [-0.4, -0.2) is 52.6 Å². The molecular weight excluding hydrogens is 454 g/mol. The highest BCUT2D eigenvalue weighted by Gasteiger charge is 2.27. The highest BCUT2D eigenvalue weighted by atomic mass is 35.5. The van der Waals surface area contributed by atoms with Crippen molar-refractivity contribution in [2.45, 2.75) is 19.3 Å². The highest BCUT2D eigenvalue weighted by Crippen LogP contribution is 2.39. The Bertz CT molecular complexity index is 1330. The minimum absolute atomic E-state index is 0.734. The molecular formula is C29H28ClN5. The number of aryl methyl sites for hydroxylation is 1. The van der Waals surface area contributed by atoms with E-state index in [9.17, 15) is 0 Å². The Morgan fingerprint density at radius 1 is 0.743 bits per heavy atom. The van der Waals surface area contributed by atoms with Crippen molar-refractivity contribution in [3.05, 3.63) is 94.8 Å². The topological polar surface area (TPSA) is 45.2 Å². The first kappa shape index (κ1) is 22.2. The maximum absolute atomic E-state index is 6.66. The van der Waals surface area contributed by atoms with Crippen molar-refractivity contribution < 1.29 is 0 Å². The predicted molar refractivity (Wildman–Crippen MR) is 142 cm³/mol. The third-order valence-electron chi connectivity index (χ3n) is 7.11. The Hall–Kier alpha value is -3.28. The van der Waals surface area contributed by atoms with E-state index in [1.54, 1.807) is 0 Å². The van der Waals surface area contributed by atoms with Crippen molar-refractivity contribution in [1.82, 2.24) is 19.9 Å². The molecule has 176 valence electrons. The van der Waals surface area contributed by atoms with E-state index in [2.05, 4.69) is 57.2 Å². The second-order valence-electron chi connectivity index (χ2n) is 9.24. The molecule has 1 fully saturated rings. The number of piperazine rings is 1. The summed E-state index contributed by atoms with van der Waals surface area (Å²) >= 11 is 6.66. The van der Waals surface area contributed by atoms with Crippen LogP contribution >= 0.6 is 11.6 Å². The maximum Gasteiger partial charge on any atom is 0.226 e. The number of halogens is 1. The molecule has 2 aromatic carbocycles. The number of anilines is 1. The normalized spacial score (nSPS) is 15.5. The van der Waals surface area contributed by atoms with Gasteiger partial charge in [0.25, 0.3) is 0 Å². The van der Waals surface area contributed by atoms with Gasteiger partial charge in [0.1, 0.15) is 0 Å². The Kier molecular flexibility index (Phi) is 6.19. The molecule has 5 nitrogen and oxygen atoms in total. The fourth-order valence-corrected chi connectivity index (χ4v) is 5.39. The monoisotopic (exact) mass is 481 g/mol. The quantitative estimate of drug-likeness (QED) is 0.386. The summed E-state index contributed by atoms with van der Waals surface area (Å²) in [4.78, 5) is 19.6. The van der Waals surface area contributed by atoms with Gasteiger partial charge in [0.2, 0.25) is 5.95 Å². The van der Waals surface area contributed by atoms with Crippen LogP contribution in [0.25, 0.3) is 22.5 Å². The SMILES string of the molecule is Clc1ccccc1-c1nc(N2CCN(CCc3ccccn3)CC2)nc2c1CCc1ccccc1-2. The smallest absolute Gasteiger partial charge is 0.226 e. The summed E-state index contributed by atoms with van der Waals surface area (Å²) < 4.78 is 0. The number of rotatable bonds is 5. The summed E-state index contributed by atoms with van der Waals surface area (Å²) in [7, 11) is 0. The molecule has 0 amide bonds. The van der Waals surface area contributed by atoms with Crippen molar-refractivity contribution in [3.8, 4) is 22.5 Å². The summed E-state index contributed by atoms with van der Waals surface area (Å²) in [5.41, 5.74) is 7.95. The van der Waals surface area contributed by atoms with Gasteiger partial charge in [-0.3, -0.25) is 9.88 Å². The molecule has 0 saturated carbocycles. The van der Waals surface area contributed by atoms with Crippen LogP contribution in [0.2, 0.25) is 5.02 Å². The molecule has 2 aliphatic rings. The van der Waals surface area contributed by atoms with E-state index in [0.717, 1.165) is 85.6 Å². The van der Waals surface area contributed by atoms with Crippen molar-refractivity contribution in [1.29, 1.82) is 0 Å². The molecule has 0 radical (unpaired) electrons. The van der Waals surface area contributed by atoms with Crippen LogP contribution in [0.15, 0.2) is 72.9 Å². The van der Waals surface area contributed by atoms with E-state index in [4.69, 9.17) is 21.6 Å². The molecule has 3 heterocycles. The van der Waals surface area contributed by atoms with Crippen LogP contribution in [-0.2, 0) is 19.3 Å². The van der Waals surface area contributed by atoms with Crippen LogP contribution < -0.4 is 4.90 Å². The number of hydrogen-bond acceptors (Lipinski definition) is 5. The zero-order valence-corrected chi connectivity index (χ0v) is 20.5. The summed E-state index contributed by atoms with van der Waals surface area (Å²) in [5.74, 6) is 0.805. The van der Waals surface area contributed by atoms with Crippen LogP contribution in [0.4, 0.5) is 5.95 Å². The summed E-state index contributed by atoms with van der Waals surface area (Å²) in [6.45, 7) is 4.82. The van der Waals surface area contributed by atoms with Crippen molar-refractivity contribution in [2.75, 3.05) is 37.6 Å². The van der Waals surface area contributed by atoms with Gasteiger partial charge in [-0.15, -0.1) is 0 Å². The Labute approximate surface area is 211 Å². The lowest BCUT2D eigenvalue weighted by Crippen LogP contribution is -2.47. The van der Waals surface area contributed by atoms with Gasteiger partial charge >= 0.3 is 0 Å². The molecule has 0 unspecified atom stereocenters. The van der Waals surface area contributed by atoms with Gasteiger partial charge in [-0.2, -0.15) is 0 Å². The third-order valence-corrected chi connectivity index (χ3v) is 7.44. The molecule has 1 aliphatic carbocycles. The van der Waals surface area contributed by atoms with E-state index in [1.165, 1.54) is 16.7 Å². The second kappa shape index (κ2) is 9.76. The number of pyridine rings is 1. The number of fused-ring (bicyclic) bond motifs is 3. The summed E-state index contributed by atoms with van der Waals surface area (Å²) in [5, 5.41) is 0.734. The molecule has 1 aliphatic heterocycles. The van der Waals surface area contributed by atoms with E-state index in [0.29, 0.717) is 0 Å².